The molecular weight excluding hydrogens is 361 g/mol. The van der Waals surface area contributed by atoms with Crippen LogP contribution in [-0.4, -0.2) is 62.3 Å². The van der Waals surface area contributed by atoms with Gasteiger partial charge < -0.3 is 19.7 Å². The van der Waals surface area contributed by atoms with Gasteiger partial charge in [-0.05, 0) is 42.0 Å². The standard InChI is InChI=1S/C21H26FN3O3/c1-27-19-6-8-20(9-7-19)28-15-14-24-10-12-25(13-11-24)21(26)23-16-17-2-4-18(22)5-3-17/h2-9H,10-16H2,1H3,(H,23,26). The maximum atomic E-state index is 12.9. The summed E-state index contributed by atoms with van der Waals surface area (Å²) in [5, 5.41) is 2.89. The molecule has 0 aromatic heterocycles. The maximum Gasteiger partial charge on any atom is 0.317 e. The Hall–Kier alpha value is -2.80. The molecule has 150 valence electrons. The highest BCUT2D eigenvalue weighted by Gasteiger charge is 2.20. The van der Waals surface area contributed by atoms with Gasteiger partial charge in [-0.2, -0.15) is 0 Å². The van der Waals surface area contributed by atoms with Gasteiger partial charge in [0.2, 0.25) is 0 Å². The zero-order valence-electron chi connectivity index (χ0n) is 16.1. The number of halogens is 1. The summed E-state index contributed by atoms with van der Waals surface area (Å²) in [5.41, 5.74) is 0.879. The molecule has 1 aliphatic heterocycles. The van der Waals surface area contributed by atoms with Crippen LogP contribution in [0.4, 0.5) is 9.18 Å². The van der Waals surface area contributed by atoms with Crippen LogP contribution >= 0.6 is 0 Å². The summed E-state index contributed by atoms with van der Waals surface area (Å²) in [5.74, 6) is 1.35. The number of ether oxygens (including phenoxy) is 2. The van der Waals surface area contributed by atoms with Crippen LogP contribution in [-0.2, 0) is 6.54 Å². The van der Waals surface area contributed by atoms with Crippen molar-refractivity contribution < 1.29 is 18.7 Å². The molecule has 0 radical (unpaired) electrons. The second-order valence-corrected chi connectivity index (χ2v) is 6.64. The van der Waals surface area contributed by atoms with E-state index in [2.05, 4.69) is 10.2 Å². The molecule has 0 spiro atoms. The van der Waals surface area contributed by atoms with Crippen LogP contribution in [0.5, 0.6) is 11.5 Å². The van der Waals surface area contributed by atoms with Crippen molar-refractivity contribution in [3.05, 3.63) is 59.9 Å². The number of amides is 2. The Bertz CT molecular complexity index is 744. The zero-order valence-corrected chi connectivity index (χ0v) is 16.1. The molecule has 1 heterocycles. The highest BCUT2D eigenvalue weighted by molar-refractivity contribution is 5.74. The summed E-state index contributed by atoms with van der Waals surface area (Å²) in [7, 11) is 1.64. The van der Waals surface area contributed by atoms with Gasteiger partial charge in [0, 0.05) is 39.3 Å². The van der Waals surface area contributed by atoms with Crippen molar-refractivity contribution >= 4 is 6.03 Å². The highest BCUT2D eigenvalue weighted by Crippen LogP contribution is 2.17. The predicted molar refractivity (Wildman–Crippen MR) is 105 cm³/mol. The summed E-state index contributed by atoms with van der Waals surface area (Å²) in [6.45, 7) is 4.80. The summed E-state index contributed by atoms with van der Waals surface area (Å²) in [6, 6.07) is 13.6. The average Bonchev–Trinajstić information content (AvgIpc) is 2.74. The van der Waals surface area contributed by atoms with E-state index in [0.717, 1.165) is 36.7 Å². The van der Waals surface area contributed by atoms with Crippen molar-refractivity contribution in [2.24, 2.45) is 0 Å². The molecule has 1 N–H and O–H groups in total. The SMILES string of the molecule is COc1ccc(OCCN2CCN(C(=O)NCc3ccc(F)cc3)CC2)cc1. The Morgan fingerprint density at radius 3 is 2.29 bits per heavy atom. The summed E-state index contributed by atoms with van der Waals surface area (Å²) in [4.78, 5) is 16.4. The first-order chi connectivity index (χ1) is 13.6. The predicted octanol–water partition coefficient (Wildman–Crippen LogP) is 2.74. The number of piperazine rings is 1. The van der Waals surface area contributed by atoms with Crippen molar-refractivity contribution in [2.45, 2.75) is 6.54 Å². The van der Waals surface area contributed by atoms with E-state index in [1.807, 2.05) is 29.2 Å². The van der Waals surface area contributed by atoms with Crippen molar-refractivity contribution in [2.75, 3.05) is 46.4 Å². The third-order valence-electron chi connectivity index (χ3n) is 4.75. The van der Waals surface area contributed by atoms with E-state index in [1.54, 1.807) is 19.2 Å². The molecule has 3 rings (SSSR count). The summed E-state index contributed by atoms with van der Waals surface area (Å²) < 4.78 is 23.8. The lowest BCUT2D eigenvalue weighted by molar-refractivity contribution is 0.126. The minimum absolute atomic E-state index is 0.0848. The smallest absolute Gasteiger partial charge is 0.317 e. The van der Waals surface area contributed by atoms with E-state index < -0.39 is 0 Å². The molecule has 28 heavy (non-hydrogen) atoms. The summed E-state index contributed by atoms with van der Waals surface area (Å²) in [6.07, 6.45) is 0. The minimum Gasteiger partial charge on any atom is -0.497 e. The van der Waals surface area contributed by atoms with E-state index in [4.69, 9.17) is 9.47 Å². The van der Waals surface area contributed by atoms with Gasteiger partial charge in [-0.25, -0.2) is 9.18 Å². The number of carbonyl (C=O) groups is 1. The molecule has 1 fully saturated rings. The molecule has 2 amide bonds. The molecule has 1 aliphatic rings. The largest absolute Gasteiger partial charge is 0.497 e. The minimum atomic E-state index is -0.276. The summed E-state index contributed by atoms with van der Waals surface area (Å²) >= 11 is 0. The second kappa shape index (κ2) is 9.94. The van der Waals surface area contributed by atoms with Crippen molar-refractivity contribution in [3.63, 3.8) is 0 Å². The van der Waals surface area contributed by atoms with Crippen LogP contribution in [0.2, 0.25) is 0 Å². The Labute approximate surface area is 164 Å². The van der Waals surface area contributed by atoms with Crippen LogP contribution in [0.3, 0.4) is 0 Å². The van der Waals surface area contributed by atoms with Gasteiger partial charge >= 0.3 is 6.03 Å². The van der Waals surface area contributed by atoms with Gasteiger partial charge in [0.1, 0.15) is 23.9 Å². The molecule has 1 saturated heterocycles. The third-order valence-corrected chi connectivity index (χ3v) is 4.75. The average molecular weight is 387 g/mol. The van der Waals surface area contributed by atoms with Gasteiger partial charge in [-0.3, -0.25) is 4.90 Å². The maximum absolute atomic E-state index is 12.9. The van der Waals surface area contributed by atoms with E-state index >= 15 is 0 Å². The second-order valence-electron chi connectivity index (χ2n) is 6.64. The van der Waals surface area contributed by atoms with Gasteiger partial charge in [0.05, 0.1) is 7.11 Å². The molecule has 0 bridgehead atoms. The number of urea groups is 1. The quantitative estimate of drug-likeness (QED) is 0.794. The number of hydrogen-bond acceptors (Lipinski definition) is 4. The van der Waals surface area contributed by atoms with Crippen LogP contribution < -0.4 is 14.8 Å². The topological polar surface area (TPSA) is 54.0 Å². The van der Waals surface area contributed by atoms with Crippen LogP contribution in [0.25, 0.3) is 0 Å². The first kappa shape index (κ1) is 19.9. The number of benzene rings is 2. The van der Waals surface area contributed by atoms with Crippen molar-refractivity contribution in [1.82, 2.24) is 15.1 Å². The van der Waals surface area contributed by atoms with Crippen LogP contribution in [0.1, 0.15) is 5.56 Å². The number of hydrogen-bond donors (Lipinski definition) is 1. The highest BCUT2D eigenvalue weighted by atomic mass is 19.1. The van der Waals surface area contributed by atoms with Crippen LogP contribution in [0.15, 0.2) is 48.5 Å². The fourth-order valence-corrected chi connectivity index (χ4v) is 3.03. The molecule has 0 aliphatic carbocycles. The number of nitrogens with one attached hydrogen (secondary N) is 1. The number of nitrogens with zero attached hydrogens (tertiary/aromatic N) is 2. The first-order valence-corrected chi connectivity index (χ1v) is 9.40. The first-order valence-electron chi connectivity index (χ1n) is 9.40. The van der Waals surface area contributed by atoms with Crippen molar-refractivity contribution in [1.29, 1.82) is 0 Å². The van der Waals surface area contributed by atoms with Gasteiger partial charge in [0.15, 0.2) is 0 Å². The normalized spacial score (nSPS) is 14.6. The Balaban J connectivity index is 1.33. The third kappa shape index (κ3) is 5.85. The zero-order chi connectivity index (χ0) is 19.8. The van der Waals surface area contributed by atoms with E-state index in [-0.39, 0.29) is 11.8 Å². The van der Waals surface area contributed by atoms with Crippen LogP contribution in [0, 0.1) is 5.82 Å². The molecule has 2 aromatic rings. The Morgan fingerprint density at radius 2 is 1.64 bits per heavy atom. The molecule has 2 aromatic carbocycles. The molecule has 0 atom stereocenters. The Morgan fingerprint density at radius 1 is 1.00 bits per heavy atom. The lowest BCUT2D eigenvalue weighted by Gasteiger charge is -2.34. The number of carbonyl (C=O) groups excluding carboxylic acids is 1. The van der Waals surface area contributed by atoms with E-state index in [9.17, 15) is 9.18 Å². The van der Waals surface area contributed by atoms with Gasteiger partial charge in [-0.1, -0.05) is 12.1 Å². The molecule has 6 nitrogen and oxygen atoms in total. The monoisotopic (exact) mass is 387 g/mol. The van der Waals surface area contributed by atoms with Gasteiger partial charge in [0.25, 0.3) is 0 Å². The fraction of sp³-hybridized carbons (Fsp3) is 0.381. The fourth-order valence-electron chi connectivity index (χ4n) is 3.03. The lowest BCUT2D eigenvalue weighted by atomic mass is 10.2. The number of rotatable bonds is 7. The Kier molecular flexibility index (Phi) is 7.08. The molecule has 0 saturated carbocycles. The van der Waals surface area contributed by atoms with E-state index in [0.29, 0.717) is 26.2 Å². The van der Waals surface area contributed by atoms with E-state index in [1.165, 1.54) is 12.1 Å². The molecule has 0 unspecified atom stereocenters. The number of methoxy groups -OCH3 is 1. The van der Waals surface area contributed by atoms with Gasteiger partial charge in [-0.15, -0.1) is 0 Å². The molecule has 7 heteroatoms. The lowest BCUT2D eigenvalue weighted by Crippen LogP contribution is -2.52. The van der Waals surface area contributed by atoms with Crippen molar-refractivity contribution in [3.8, 4) is 11.5 Å². The molecular formula is C21H26FN3O3.